The average Bonchev–Trinajstić information content (AvgIpc) is 3.24. The van der Waals surface area contributed by atoms with Gasteiger partial charge in [-0.05, 0) is 18.9 Å². The molecule has 9 heteroatoms. The summed E-state index contributed by atoms with van der Waals surface area (Å²) in [6.45, 7) is 2.42. The molecule has 23 heavy (non-hydrogen) atoms. The van der Waals surface area contributed by atoms with E-state index in [9.17, 15) is 4.79 Å². The van der Waals surface area contributed by atoms with Crippen LogP contribution in [0.5, 0.6) is 0 Å². The van der Waals surface area contributed by atoms with E-state index in [-0.39, 0.29) is 18.4 Å². The Labute approximate surface area is 131 Å². The summed E-state index contributed by atoms with van der Waals surface area (Å²) in [6.07, 6.45) is 5.29. The van der Waals surface area contributed by atoms with Gasteiger partial charge in [-0.25, -0.2) is 9.50 Å². The molecule has 0 saturated carbocycles. The maximum Gasteiger partial charge on any atom is 0.252 e. The fraction of sp³-hybridized carbons (Fsp3) is 0.429. The Morgan fingerprint density at radius 3 is 3.13 bits per heavy atom. The van der Waals surface area contributed by atoms with Gasteiger partial charge in [0.15, 0.2) is 11.6 Å². The van der Waals surface area contributed by atoms with Crippen LogP contribution in [0.1, 0.15) is 36.4 Å². The van der Waals surface area contributed by atoms with E-state index in [1.165, 1.54) is 0 Å². The summed E-state index contributed by atoms with van der Waals surface area (Å²) < 4.78 is 6.59. The lowest BCUT2D eigenvalue weighted by Crippen LogP contribution is -2.32. The highest BCUT2D eigenvalue weighted by atomic mass is 16.5. The van der Waals surface area contributed by atoms with Crippen LogP contribution < -0.4 is 0 Å². The highest BCUT2D eigenvalue weighted by Gasteiger charge is 2.33. The Balaban J connectivity index is 1.53. The van der Waals surface area contributed by atoms with Crippen LogP contribution in [0, 0.1) is 6.92 Å². The van der Waals surface area contributed by atoms with E-state index < -0.39 is 0 Å². The third-order valence-electron chi connectivity index (χ3n) is 3.88. The smallest absolute Gasteiger partial charge is 0.252 e. The zero-order valence-corrected chi connectivity index (χ0v) is 12.6. The molecule has 0 radical (unpaired) electrons. The van der Waals surface area contributed by atoms with Crippen LogP contribution in [0.4, 0.5) is 0 Å². The quantitative estimate of drug-likeness (QED) is 0.702. The van der Waals surface area contributed by atoms with Gasteiger partial charge < -0.3 is 9.42 Å². The maximum atomic E-state index is 12.6. The molecule has 1 aliphatic heterocycles. The van der Waals surface area contributed by atoms with Crippen LogP contribution in [0.15, 0.2) is 23.0 Å². The number of amides is 1. The molecular formula is C14H15N7O2. The third-order valence-corrected chi connectivity index (χ3v) is 3.88. The van der Waals surface area contributed by atoms with E-state index in [0.29, 0.717) is 29.9 Å². The number of fused-ring (bicyclic) bond motifs is 1. The fourth-order valence-electron chi connectivity index (χ4n) is 2.87. The number of hydrogen-bond donors (Lipinski definition) is 0. The molecule has 1 saturated heterocycles. The average molecular weight is 313 g/mol. The van der Waals surface area contributed by atoms with Crippen molar-refractivity contribution in [2.24, 2.45) is 0 Å². The predicted molar refractivity (Wildman–Crippen MR) is 77.2 cm³/mol. The lowest BCUT2D eigenvalue weighted by Gasteiger charge is -2.21. The second-order valence-corrected chi connectivity index (χ2v) is 5.49. The van der Waals surface area contributed by atoms with Gasteiger partial charge >= 0.3 is 0 Å². The molecule has 4 rings (SSSR count). The highest BCUT2D eigenvalue weighted by Crippen LogP contribution is 2.30. The maximum absolute atomic E-state index is 12.6. The van der Waals surface area contributed by atoms with Crippen molar-refractivity contribution in [1.29, 1.82) is 0 Å². The summed E-state index contributed by atoms with van der Waals surface area (Å²) in [5.41, 5.74) is 0. The summed E-state index contributed by atoms with van der Waals surface area (Å²) in [5, 5.41) is 8.22. The zero-order chi connectivity index (χ0) is 15.8. The molecular weight excluding hydrogens is 298 g/mol. The normalized spacial score (nSPS) is 18.0. The second kappa shape index (κ2) is 5.41. The monoisotopic (exact) mass is 313 g/mol. The van der Waals surface area contributed by atoms with E-state index in [0.717, 1.165) is 12.8 Å². The number of nitrogens with zero attached hydrogens (tertiary/aromatic N) is 7. The molecule has 0 spiro atoms. The van der Waals surface area contributed by atoms with E-state index in [4.69, 9.17) is 4.52 Å². The number of likely N-dealkylation sites (tertiary alicyclic amines) is 1. The first-order valence-corrected chi connectivity index (χ1v) is 7.46. The van der Waals surface area contributed by atoms with Crippen molar-refractivity contribution in [3.05, 3.63) is 36.0 Å². The van der Waals surface area contributed by atoms with Gasteiger partial charge in [0.05, 0.1) is 12.5 Å². The topological polar surface area (TPSA) is 102 Å². The number of carbonyl (C=O) groups excluding carboxylic acids is 1. The largest absolute Gasteiger partial charge is 0.340 e. The summed E-state index contributed by atoms with van der Waals surface area (Å²) in [4.78, 5) is 27.0. The van der Waals surface area contributed by atoms with Crippen molar-refractivity contribution in [1.82, 2.24) is 34.6 Å². The Morgan fingerprint density at radius 1 is 1.43 bits per heavy atom. The lowest BCUT2D eigenvalue weighted by atomic mass is 10.2. The zero-order valence-electron chi connectivity index (χ0n) is 12.6. The Kier molecular flexibility index (Phi) is 3.25. The Morgan fingerprint density at radius 2 is 2.35 bits per heavy atom. The van der Waals surface area contributed by atoms with Crippen LogP contribution >= 0.6 is 0 Å². The minimum Gasteiger partial charge on any atom is -0.340 e. The van der Waals surface area contributed by atoms with Gasteiger partial charge in [-0.3, -0.25) is 4.79 Å². The summed E-state index contributed by atoms with van der Waals surface area (Å²) in [5.74, 6) is 1.99. The Hall–Kier alpha value is -2.84. The molecule has 1 aliphatic rings. The molecule has 1 fully saturated rings. The minimum absolute atomic E-state index is 0.0362. The van der Waals surface area contributed by atoms with Crippen molar-refractivity contribution < 1.29 is 9.32 Å². The number of hydrogen-bond acceptors (Lipinski definition) is 7. The number of carbonyl (C=O) groups is 1. The van der Waals surface area contributed by atoms with Crippen molar-refractivity contribution in [3.8, 4) is 0 Å². The van der Waals surface area contributed by atoms with Gasteiger partial charge in [-0.1, -0.05) is 5.16 Å². The first-order valence-electron chi connectivity index (χ1n) is 7.46. The molecule has 9 nitrogen and oxygen atoms in total. The number of aryl methyl sites for hydroxylation is 1. The molecule has 0 aliphatic carbocycles. The molecule has 1 unspecified atom stereocenters. The summed E-state index contributed by atoms with van der Waals surface area (Å²) >= 11 is 0. The van der Waals surface area contributed by atoms with Gasteiger partial charge in [-0.2, -0.15) is 9.97 Å². The minimum atomic E-state index is -0.130. The molecule has 1 atom stereocenters. The summed E-state index contributed by atoms with van der Waals surface area (Å²) in [7, 11) is 0. The van der Waals surface area contributed by atoms with Crippen LogP contribution in [0.25, 0.3) is 5.78 Å². The van der Waals surface area contributed by atoms with Gasteiger partial charge in [0.1, 0.15) is 0 Å². The standard InChI is InChI=1S/C14H15N7O2/c1-9-16-13(19-23-9)10-4-2-6-20(10)12(22)8-11-17-14-15-5-3-7-21(14)18-11/h3,5,7,10H,2,4,6,8H2,1H3. The van der Waals surface area contributed by atoms with E-state index in [1.807, 2.05) is 0 Å². The van der Waals surface area contributed by atoms with Gasteiger partial charge in [0, 0.05) is 25.9 Å². The van der Waals surface area contributed by atoms with Gasteiger partial charge in [0.2, 0.25) is 11.8 Å². The molecule has 0 aromatic carbocycles. The summed E-state index contributed by atoms with van der Waals surface area (Å²) in [6, 6.07) is 1.64. The number of rotatable bonds is 3. The van der Waals surface area contributed by atoms with E-state index in [1.54, 1.807) is 34.8 Å². The first kappa shape index (κ1) is 13.8. The van der Waals surface area contributed by atoms with E-state index >= 15 is 0 Å². The predicted octanol–water partition coefficient (Wildman–Crippen LogP) is 0.722. The fourth-order valence-corrected chi connectivity index (χ4v) is 2.87. The lowest BCUT2D eigenvalue weighted by molar-refractivity contribution is -0.131. The van der Waals surface area contributed by atoms with Crippen molar-refractivity contribution in [2.45, 2.75) is 32.2 Å². The SMILES string of the molecule is Cc1nc(C2CCCN2C(=O)Cc2nc3ncccn3n2)no1. The molecule has 0 bridgehead atoms. The number of aromatic nitrogens is 6. The van der Waals surface area contributed by atoms with Crippen molar-refractivity contribution >= 4 is 11.7 Å². The molecule has 4 heterocycles. The molecule has 1 amide bonds. The van der Waals surface area contributed by atoms with Crippen molar-refractivity contribution in [3.63, 3.8) is 0 Å². The highest BCUT2D eigenvalue weighted by molar-refractivity contribution is 5.78. The molecule has 118 valence electrons. The van der Waals surface area contributed by atoms with Crippen LogP contribution in [0.2, 0.25) is 0 Å². The van der Waals surface area contributed by atoms with Crippen LogP contribution in [-0.4, -0.2) is 47.1 Å². The second-order valence-electron chi connectivity index (χ2n) is 5.49. The van der Waals surface area contributed by atoms with Crippen molar-refractivity contribution in [2.75, 3.05) is 6.54 Å². The van der Waals surface area contributed by atoms with E-state index in [2.05, 4.69) is 25.2 Å². The molecule has 3 aromatic heterocycles. The Bertz CT molecular complexity index is 823. The third kappa shape index (κ3) is 2.54. The first-order chi connectivity index (χ1) is 11.2. The van der Waals surface area contributed by atoms with Gasteiger partial charge in [0.25, 0.3) is 5.78 Å². The van der Waals surface area contributed by atoms with Gasteiger partial charge in [-0.15, -0.1) is 5.10 Å². The molecule has 3 aromatic rings. The molecule has 0 N–H and O–H groups in total. The van der Waals surface area contributed by atoms with Crippen LogP contribution in [0.3, 0.4) is 0 Å². The van der Waals surface area contributed by atoms with Crippen LogP contribution in [-0.2, 0) is 11.2 Å².